The molecule has 0 bridgehead atoms. The summed E-state index contributed by atoms with van der Waals surface area (Å²) in [6.45, 7) is 31.5. The van der Waals surface area contributed by atoms with Gasteiger partial charge in [-0.05, 0) is 67.8 Å². The third-order valence-corrected chi connectivity index (χ3v) is 20.0. The fourth-order valence-corrected chi connectivity index (χ4v) is 8.85. The Morgan fingerprint density at radius 2 is 1.29 bits per heavy atom. The van der Waals surface area contributed by atoms with Gasteiger partial charge in [-0.25, -0.2) is 0 Å². The largest absolute Gasteiger partial charge is 0.497 e. The lowest BCUT2D eigenvalue weighted by atomic mass is 9.78. The van der Waals surface area contributed by atoms with Gasteiger partial charge >= 0.3 is 0 Å². The summed E-state index contributed by atoms with van der Waals surface area (Å²) in [6.07, 6.45) is -2.23. The molecule has 7 nitrogen and oxygen atoms in total. The molecule has 8 atom stereocenters. The van der Waals surface area contributed by atoms with Crippen LogP contribution >= 0.6 is 0 Å². The molecule has 272 valence electrons. The maximum Gasteiger partial charge on any atom is 0.192 e. The first-order valence-corrected chi connectivity index (χ1v) is 23.5. The highest BCUT2D eigenvalue weighted by molar-refractivity contribution is 6.74. The van der Waals surface area contributed by atoms with Crippen molar-refractivity contribution in [3.05, 3.63) is 65.7 Å². The van der Waals surface area contributed by atoms with Gasteiger partial charge in [0.05, 0.1) is 44.7 Å². The first-order chi connectivity index (χ1) is 22.0. The van der Waals surface area contributed by atoms with Crippen molar-refractivity contribution in [2.45, 2.75) is 148 Å². The molecule has 48 heavy (non-hydrogen) atoms. The summed E-state index contributed by atoms with van der Waals surface area (Å²) < 4.78 is 39.3. The van der Waals surface area contributed by atoms with E-state index in [0.29, 0.717) is 13.2 Å². The van der Waals surface area contributed by atoms with Crippen LogP contribution in [0.15, 0.2) is 54.6 Å². The van der Waals surface area contributed by atoms with Crippen molar-refractivity contribution in [2.75, 3.05) is 13.7 Å². The topological polar surface area (TPSA) is 75.6 Å². The van der Waals surface area contributed by atoms with Gasteiger partial charge in [0, 0.05) is 17.4 Å². The van der Waals surface area contributed by atoms with Gasteiger partial charge in [0.2, 0.25) is 0 Å². The summed E-state index contributed by atoms with van der Waals surface area (Å²) in [5, 5.41) is 12.9. The minimum absolute atomic E-state index is 0.0597. The van der Waals surface area contributed by atoms with Gasteiger partial charge in [-0.15, -0.1) is 0 Å². The third-order valence-electron chi connectivity index (χ3n) is 11.1. The lowest BCUT2D eigenvalue weighted by molar-refractivity contribution is -0.174. The van der Waals surface area contributed by atoms with Crippen molar-refractivity contribution in [1.82, 2.24) is 0 Å². The first kappa shape index (κ1) is 40.9. The number of benzene rings is 2. The Hall–Kier alpha value is -1.57. The lowest BCUT2D eigenvalue weighted by Crippen LogP contribution is -2.64. The number of aliphatic hydroxyl groups is 1. The third kappa shape index (κ3) is 9.81. The maximum absolute atomic E-state index is 13.1. The van der Waals surface area contributed by atoms with E-state index in [0.717, 1.165) is 16.9 Å². The van der Waals surface area contributed by atoms with Crippen molar-refractivity contribution in [2.24, 2.45) is 11.8 Å². The number of hydrogen-bond acceptors (Lipinski definition) is 7. The number of ether oxygens (including phenoxy) is 4. The smallest absolute Gasteiger partial charge is 0.192 e. The van der Waals surface area contributed by atoms with Crippen LogP contribution in [0.4, 0.5) is 0 Å². The average molecular weight is 703 g/mol. The van der Waals surface area contributed by atoms with Gasteiger partial charge in [0.15, 0.2) is 22.9 Å². The molecule has 3 rings (SSSR count). The van der Waals surface area contributed by atoms with E-state index in [1.807, 2.05) is 56.3 Å². The minimum Gasteiger partial charge on any atom is -0.497 e. The molecule has 9 heteroatoms. The SMILES string of the molecule is COc1ccc(C2O[C@@H]([C@@H](C)[C@@H](O[Si](C)(C)C(C)(C)C)[C@](C)(O)[C@@H](O[Si](C)(C)C(C)(C)C)[C@@H](C)COCc3ccccc3)[C@H](C)O2)cc1. The second kappa shape index (κ2) is 15.8. The van der Waals surface area contributed by atoms with Crippen molar-refractivity contribution in [3.63, 3.8) is 0 Å². The molecular weight excluding hydrogens is 637 g/mol. The average Bonchev–Trinajstić information content (AvgIpc) is 3.39. The Balaban J connectivity index is 2.01. The standard InChI is InChI=1S/C39H66O7Si2/c1-27(25-42-26-30-19-17-16-18-20-30)34(45-47(12,13)37(4,5)6)39(10,40)35(46-48(14,15)38(7,8)9)28(2)33-29(3)43-36(44-33)31-21-23-32(41-11)24-22-31/h16-24,27-29,33-36,40H,25-26H2,1-15H3/t27-,28+,29-,33-,34-,35+,36?,39+/m0/s1. The molecule has 0 spiro atoms. The fraction of sp³-hybridized carbons (Fsp3) is 0.692. The zero-order chi connectivity index (χ0) is 36.3. The quantitative estimate of drug-likeness (QED) is 0.185. The van der Waals surface area contributed by atoms with Gasteiger partial charge in [-0.1, -0.05) is 97.9 Å². The van der Waals surface area contributed by atoms with E-state index in [1.54, 1.807) is 7.11 Å². The summed E-state index contributed by atoms with van der Waals surface area (Å²) in [6, 6.07) is 18.0. The molecule has 0 amide bonds. The maximum atomic E-state index is 13.1. The van der Waals surface area contributed by atoms with E-state index in [2.05, 4.69) is 93.7 Å². The second-order valence-corrected chi connectivity index (χ2v) is 26.7. The van der Waals surface area contributed by atoms with E-state index in [-0.39, 0.29) is 34.1 Å². The molecule has 1 saturated heterocycles. The van der Waals surface area contributed by atoms with Gasteiger partial charge in [-0.3, -0.25) is 0 Å². The van der Waals surface area contributed by atoms with Crippen LogP contribution in [0.25, 0.3) is 0 Å². The van der Waals surface area contributed by atoms with Crippen molar-refractivity contribution >= 4 is 16.6 Å². The summed E-state index contributed by atoms with van der Waals surface area (Å²) in [5.41, 5.74) is 0.653. The molecule has 0 aliphatic carbocycles. The fourth-order valence-electron chi connectivity index (χ4n) is 5.94. The number of methoxy groups -OCH3 is 1. The Labute approximate surface area is 294 Å². The second-order valence-electron chi connectivity index (χ2n) is 17.2. The Bertz CT molecular complexity index is 1270. The zero-order valence-electron chi connectivity index (χ0n) is 32.5. The molecule has 1 fully saturated rings. The summed E-state index contributed by atoms with van der Waals surface area (Å²) in [7, 11) is -3.09. The molecule has 1 unspecified atom stereocenters. The van der Waals surface area contributed by atoms with E-state index in [1.165, 1.54) is 0 Å². The lowest BCUT2D eigenvalue weighted by Gasteiger charge is -2.52. The molecule has 2 aromatic carbocycles. The molecule has 2 aromatic rings. The Kier molecular flexibility index (Phi) is 13.4. The van der Waals surface area contributed by atoms with Crippen LogP contribution in [0.2, 0.25) is 36.3 Å². The van der Waals surface area contributed by atoms with Crippen LogP contribution < -0.4 is 4.74 Å². The monoisotopic (exact) mass is 702 g/mol. The van der Waals surface area contributed by atoms with Gasteiger partial charge in [-0.2, -0.15) is 0 Å². The summed E-state index contributed by atoms with van der Waals surface area (Å²) in [5.74, 6) is 0.430. The first-order valence-electron chi connectivity index (χ1n) is 17.7. The van der Waals surface area contributed by atoms with E-state index >= 15 is 0 Å². The molecule has 0 aromatic heterocycles. The predicted molar refractivity (Wildman–Crippen MR) is 200 cm³/mol. The summed E-state index contributed by atoms with van der Waals surface area (Å²) in [4.78, 5) is 0. The van der Waals surface area contributed by atoms with Crippen LogP contribution in [0.1, 0.15) is 86.7 Å². The molecular formula is C39H66O7Si2. The van der Waals surface area contributed by atoms with Crippen LogP contribution in [0.3, 0.4) is 0 Å². The molecule has 0 saturated carbocycles. The van der Waals surface area contributed by atoms with E-state index in [4.69, 9.17) is 27.8 Å². The zero-order valence-corrected chi connectivity index (χ0v) is 34.5. The van der Waals surface area contributed by atoms with Crippen LogP contribution in [0.5, 0.6) is 5.75 Å². The van der Waals surface area contributed by atoms with Crippen LogP contribution in [-0.4, -0.2) is 65.5 Å². The van der Waals surface area contributed by atoms with Crippen LogP contribution in [-0.2, 0) is 29.7 Å². The molecule has 1 heterocycles. The highest BCUT2D eigenvalue weighted by Crippen LogP contribution is 2.46. The molecule has 1 aliphatic heterocycles. The highest BCUT2D eigenvalue weighted by atomic mass is 28.4. The van der Waals surface area contributed by atoms with E-state index < -0.39 is 40.7 Å². The van der Waals surface area contributed by atoms with Crippen molar-refractivity contribution in [3.8, 4) is 5.75 Å². The number of hydrogen-bond donors (Lipinski definition) is 1. The van der Waals surface area contributed by atoms with Gasteiger partial charge in [0.1, 0.15) is 11.4 Å². The van der Waals surface area contributed by atoms with E-state index in [9.17, 15) is 5.11 Å². The molecule has 0 radical (unpaired) electrons. The minimum atomic E-state index is -2.40. The highest BCUT2D eigenvalue weighted by Gasteiger charge is 2.55. The predicted octanol–water partition coefficient (Wildman–Crippen LogP) is 9.52. The summed E-state index contributed by atoms with van der Waals surface area (Å²) >= 11 is 0. The molecule has 1 aliphatic rings. The molecule has 1 N–H and O–H groups in total. The normalized spacial score (nSPS) is 23.3. The number of rotatable bonds is 15. The van der Waals surface area contributed by atoms with Crippen molar-refractivity contribution < 1.29 is 32.9 Å². The van der Waals surface area contributed by atoms with Crippen molar-refractivity contribution in [1.29, 1.82) is 0 Å². The van der Waals surface area contributed by atoms with Crippen LogP contribution in [0, 0.1) is 11.8 Å². The Morgan fingerprint density at radius 1 is 0.771 bits per heavy atom. The van der Waals surface area contributed by atoms with Gasteiger partial charge in [0.25, 0.3) is 0 Å². The Morgan fingerprint density at radius 3 is 1.79 bits per heavy atom. The van der Waals surface area contributed by atoms with Gasteiger partial charge < -0.3 is 32.9 Å².